The average Bonchev–Trinajstić information content (AvgIpc) is 2.59. The Kier molecular flexibility index (Phi) is 9.91. The number of carbonyl (C=O) groups excluding carboxylic acids is 1. The van der Waals surface area contributed by atoms with Gasteiger partial charge < -0.3 is 14.8 Å². The van der Waals surface area contributed by atoms with Gasteiger partial charge in [-0.15, -0.1) is 0 Å². The van der Waals surface area contributed by atoms with E-state index in [0.29, 0.717) is 36.1 Å². The molecule has 0 spiro atoms. The zero-order valence-corrected chi connectivity index (χ0v) is 16.7. The third-order valence-electron chi connectivity index (χ3n) is 4.01. The number of hydrogen-bond donors (Lipinski definition) is 1. The van der Waals surface area contributed by atoms with Gasteiger partial charge in [0.2, 0.25) is 0 Å². The number of carbonyl (C=O) groups is 1. The van der Waals surface area contributed by atoms with Crippen molar-refractivity contribution in [1.82, 2.24) is 0 Å². The van der Waals surface area contributed by atoms with Crippen LogP contribution in [0.5, 0.6) is 5.75 Å². The number of ether oxygens (including phenoxy) is 2. The van der Waals surface area contributed by atoms with E-state index < -0.39 is 5.60 Å². The van der Waals surface area contributed by atoms with Crippen LogP contribution < -0.4 is 10.1 Å². The highest BCUT2D eigenvalue weighted by Crippen LogP contribution is 2.29. The van der Waals surface area contributed by atoms with E-state index in [1.165, 1.54) is 0 Å². The first-order chi connectivity index (χ1) is 12.0. The van der Waals surface area contributed by atoms with E-state index in [1.807, 2.05) is 20.8 Å². The molecule has 1 aromatic carbocycles. The van der Waals surface area contributed by atoms with Crippen LogP contribution in [-0.2, 0) is 9.53 Å². The van der Waals surface area contributed by atoms with Crippen LogP contribution in [0.4, 0.5) is 5.69 Å². The zero-order valence-electron chi connectivity index (χ0n) is 16.0. The summed E-state index contributed by atoms with van der Waals surface area (Å²) >= 11 is 6.24. The van der Waals surface area contributed by atoms with Crippen LogP contribution in [0.3, 0.4) is 0 Å². The minimum Gasteiger partial charge on any atom is -0.492 e. The normalized spacial score (nSPS) is 13.3. The van der Waals surface area contributed by atoms with Gasteiger partial charge in [0, 0.05) is 12.3 Å². The second kappa shape index (κ2) is 11.4. The quantitative estimate of drug-likeness (QED) is 0.471. The van der Waals surface area contributed by atoms with Crippen molar-refractivity contribution in [3.8, 4) is 5.75 Å². The van der Waals surface area contributed by atoms with Crippen LogP contribution in [0.2, 0.25) is 5.02 Å². The molecular weight excluding hydrogens is 338 g/mol. The SMILES string of the molecule is CCCCC[C@](C)(OCCC)C(=O)Nc1ccc(OCCC)c(Cl)c1. The second-order valence-electron chi connectivity index (χ2n) is 6.48. The Bertz CT molecular complexity index is 536. The van der Waals surface area contributed by atoms with Crippen LogP contribution in [-0.4, -0.2) is 24.7 Å². The van der Waals surface area contributed by atoms with Crippen LogP contribution >= 0.6 is 11.6 Å². The van der Waals surface area contributed by atoms with Gasteiger partial charge in [0.15, 0.2) is 0 Å². The molecule has 1 N–H and O–H groups in total. The molecule has 0 radical (unpaired) electrons. The Morgan fingerprint density at radius 2 is 1.84 bits per heavy atom. The number of nitrogens with one attached hydrogen (secondary N) is 1. The van der Waals surface area contributed by atoms with Crippen LogP contribution in [0.25, 0.3) is 0 Å². The fourth-order valence-corrected chi connectivity index (χ4v) is 2.70. The number of halogens is 1. The fourth-order valence-electron chi connectivity index (χ4n) is 2.46. The number of hydrogen-bond acceptors (Lipinski definition) is 3. The average molecular weight is 370 g/mol. The molecule has 0 aliphatic heterocycles. The van der Waals surface area contributed by atoms with Gasteiger partial charge in [-0.25, -0.2) is 0 Å². The summed E-state index contributed by atoms with van der Waals surface area (Å²) in [5.41, 5.74) is -0.171. The summed E-state index contributed by atoms with van der Waals surface area (Å²) in [5.74, 6) is 0.504. The summed E-state index contributed by atoms with van der Waals surface area (Å²) in [6.45, 7) is 9.28. The van der Waals surface area contributed by atoms with Crippen molar-refractivity contribution in [2.45, 2.75) is 71.8 Å². The third kappa shape index (κ3) is 7.25. The monoisotopic (exact) mass is 369 g/mol. The number of unbranched alkanes of at least 4 members (excludes halogenated alkanes) is 2. The third-order valence-corrected chi connectivity index (χ3v) is 4.31. The van der Waals surface area contributed by atoms with Gasteiger partial charge in [0.25, 0.3) is 5.91 Å². The van der Waals surface area contributed by atoms with Crippen molar-refractivity contribution >= 4 is 23.2 Å². The number of amides is 1. The van der Waals surface area contributed by atoms with Crippen LogP contribution in [0, 0.1) is 0 Å². The molecule has 142 valence electrons. The maximum Gasteiger partial charge on any atom is 0.256 e. The smallest absolute Gasteiger partial charge is 0.256 e. The molecule has 0 saturated carbocycles. The molecule has 1 rings (SSSR count). The lowest BCUT2D eigenvalue weighted by Gasteiger charge is -2.29. The Morgan fingerprint density at radius 1 is 1.12 bits per heavy atom. The Morgan fingerprint density at radius 3 is 2.44 bits per heavy atom. The maximum absolute atomic E-state index is 12.8. The Balaban J connectivity index is 2.79. The van der Waals surface area contributed by atoms with Crippen molar-refractivity contribution in [2.75, 3.05) is 18.5 Å². The van der Waals surface area contributed by atoms with Crippen molar-refractivity contribution in [3.05, 3.63) is 23.2 Å². The largest absolute Gasteiger partial charge is 0.492 e. The molecule has 0 aromatic heterocycles. The van der Waals surface area contributed by atoms with Gasteiger partial charge in [0.05, 0.1) is 11.6 Å². The molecule has 1 atom stereocenters. The Hall–Kier alpha value is -1.26. The number of anilines is 1. The Labute approximate surface area is 157 Å². The van der Waals surface area contributed by atoms with Crippen molar-refractivity contribution in [2.24, 2.45) is 0 Å². The number of benzene rings is 1. The predicted molar refractivity (Wildman–Crippen MR) is 105 cm³/mol. The van der Waals surface area contributed by atoms with Crippen LogP contribution in [0.1, 0.15) is 66.2 Å². The topological polar surface area (TPSA) is 47.6 Å². The molecule has 0 heterocycles. The van der Waals surface area contributed by atoms with Crippen molar-refractivity contribution in [3.63, 3.8) is 0 Å². The standard InChI is InChI=1S/C20H32ClNO3/c1-5-8-9-12-20(4,25-14-7-3)19(23)22-16-10-11-18(17(21)15-16)24-13-6-2/h10-11,15H,5-9,12-14H2,1-4H3,(H,22,23)/t20-/m0/s1. The molecule has 4 nitrogen and oxygen atoms in total. The first-order valence-corrected chi connectivity index (χ1v) is 9.72. The van der Waals surface area contributed by atoms with E-state index in [0.717, 1.165) is 32.1 Å². The summed E-state index contributed by atoms with van der Waals surface area (Å²) in [5, 5.41) is 3.43. The van der Waals surface area contributed by atoms with Crippen molar-refractivity contribution < 1.29 is 14.3 Å². The minimum atomic E-state index is -0.824. The minimum absolute atomic E-state index is 0.129. The van der Waals surface area contributed by atoms with Crippen LogP contribution in [0.15, 0.2) is 18.2 Å². The molecular formula is C20H32ClNO3. The summed E-state index contributed by atoms with van der Waals surface area (Å²) in [6, 6.07) is 5.31. The predicted octanol–water partition coefficient (Wildman–Crippen LogP) is 5.83. The van der Waals surface area contributed by atoms with Crippen molar-refractivity contribution in [1.29, 1.82) is 0 Å². The number of rotatable bonds is 12. The first-order valence-electron chi connectivity index (χ1n) is 9.34. The molecule has 0 fully saturated rings. The molecule has 25 heavy (non-hydrogen) atoms. The van der Waals surface area contributed by atoms with Gasteiger partial charge in [-0.05, 0) is 44.4 Å². The van der Waals surface area contributed by atoms with E-state index >= 15 is 0 Å². The maximum atomic E-state index is 12.8. The highest BCUT2D eigenvalue weighted by atomic mass is 35.5. The van der Waals surface area contributed by atoms with Gasteiger partial charge in [-0.1, -0.05) is 51.6 Å². The molecule has 0 aliphatic carbocycles. The molecule has 5 heteroatoms. The summed E-state index contributed by atoms with van der Waals surface area (Å²) in [4.78, 5) is 12.8. The highest BCUT2D eigenvalue weighted by Gasteiger charge is 2.33. The van der Waals surface area contributed by atoms with E-state index in [9.17, 15) is 4.79 Å². The fraction of sp³-hybridized carbons (Fsp3) is 0.650. The van der Waals surface area contributed by atoms with Gasteiger partial charge in [-0.3, -0.25) is 4.79 Å². The second-order valence-corrected chi connectivity index (χ2v) is 6.89. The van der Waals surface area contributed by atoms with E-state index in [2.05, 4.69) is 12.2 Å². The molecule has 1 aromatic rings. The van der Waals surface area contributed by atoms with E-state index in [4.69, 9.17) is 21.1 Å². The lowest BCUT2D eigenvalue weighted by atomic mass is 9.96. The first kappa shape index (κ1) is 21.8. The summed E-state index contributed by atoms with van der Waals surface area (Å²) in [7, 11) is 0. The molecule has 1 amide bonds. The van der Waals surface area contributed by atoms with Gasteiger partial charge in [0.1, 0.15) is 11.4 Å². The highest BCUT2D eigenvalue weighted by molar-refractivity contribution is 6.32. The lowest BCUT2D eigenvalue weighted by Crippen LogP contribution is -2.43. The van der Waals surface area contributed by atoms with Gasteiger partial charge >= 0.3 is 0 Å². The summed E-state index contributed by atoms with van der Waals surface area (Å²) in [6.07, 6.45) is 5.67. The van der Waals surface area contributed by atoms with E-state index in [1.54, 1.807) is 18.2 Å². The lowest BCUT2D eigenvalue weighted by molar-refractivity contribution is -0.140. The van der Waals surface area contributed by atoms with E-state index in [-0.39, 0.29) is 5.91 Å². The molecule has 0 bridgehead atoms. The summed E-state index contributed by atoms with van der Waals surface area (Å²) < 4.78 is 11.5. The molecule has 0 saturated heterocycles. The molecule has 0 aliphatic rings. The zero-order chi connectivity index (χ0) is 18.7. The van der Waals surface area contributed by atoms with Gasteiger partial charge in [-0.2, -0.15) is 0 Å². The molecule has 0 unspecified atom stereocenters.